The summed E-state index contributed by atoms with van der Waals surface area (Å²) in [5.74, 6) is 0. The third-order valence-corrected chi connectivity index (χ3v) is 4.97. The van der Waals surface area contributed by atoms with Crippen LogP contribution in [0.3, 0.4) is 0 Å². The van der Waals surface area contributed by atoms with E-state index in [1.807, 2.05) is 6.07 Å². The van der Waals surface area contributed by atoms with Crippen LogP contribution in [0.4, 0.5) is 0 Å². The number of aliphatic hydroxyl groups excluding tert-OH is 1. The Kier molecular flexibility index (Phi) is 7.03. The molecule has 0 aromatic heterocycles. The Morgan fingerprint density at radius 1 is 1.00 bits per heavy atom. The molecule has 0 bridgehead atoms. The first-order chi connectivity index (χ1) is 11.6. The molecule has 2 aromatic rings. The van der Waals surface area contributed by atoms with Crippen LogP contribution in [0.15, 0.2) is 54.6 Å². The van der Waals surface area contributed by atoms with Crippen molar-refractivity contribution in [1.29, 1.82) is 0 Å². The van der Waals surface area contributed by atoms with Crippen LogP contribution >= 0.6 is 12.4 Å². The highest BCUT2D eigenvalue weighted by Crippen LogP contribution is 2.39. The number of nitrogens with zero attached hydrogens (tertiary/aromatic N) is 1. The Labute approximate surface area is 157 Å². The van der Waals surface area contributed by atoms with E-state index in [-0.39, 0.29) is 30.5 Å². The van der Waals surface area contributed by atoms with E-state index in [1.54, 1.807) is 0 Å². The molecule has 3 rings (SSSR count). The molecule has 0 saturated carbocycles. The molecule has 1 aliphatic heterocycles. The molecule has 0 unspecified atom stereocenters. The van der Waals surface area contributed by atoms with Gasteiger partial charge in [0, 0.05) is 44.2 Å². The molecule has 0 amide bonds. The minimum Gasteiger partial charge on any atom is -0.396 e. The van der Waals surface area contributed by atoms with Gasteiger partial charge in [-0.2, -0.15) is 0 Å². The molecule has 3 nitrogen and oxygen atoms in total. The Bertz CT molecular complexity index is 654. The van der Waals surface area contributed by atoms with Crippen molar-refractivity contribution in [2.45, 2.75) is 19.9 Å². The minimum atomic E-state index is -0.188. The van der Waals surface area contributed by atoms with E-state index in [0.717, 1.165) is 26.2 Å². The second kappa shape index (κ2) is 8.81. The lowest BCUT2D eigenvalue weighted by Gasteiger charge is -2.43. The smallest absolute Gasteiger partial charge is 0.0500 e. The van der Waals surface area contributed by atoms with Crippen molar-refractivity contribution in [3.8, 4) is 11.1 Å². The van der Waals surface area contributed by atoms with Crippen molar-refractivity contribution >= 4 is 12.4 Å². The number of rotatable bonds is 5. The zero-order chi connectivity index (χ0) is 17.0. The largest absolute Gasteiger partial charge is 0.396 e. The van der Waals surface area contributed by atoms with Crippen LogP contribution in [0.1, 0.15) is 25.5 Å². The van der Waals surface area contributed by atoms with E-state index >= 15 is 0 Å². The lowest BCUT2D eigenvalue weighted by Crippen LogP contribution is -2.49. The standard InChI is InChI=1S/C21H28N2O.ClH/c1-21(2,16-24)20(23-13-11-22-12-14-23)19-10-6-9-18(15-19)17-7-4-3-5-8-17;/h3-10,15,20,22,24H,11-14,16H2,1-2H3;1H/t20-;/m1./s1. The fraction of sp³-hybridized carbons (Fsp3) is 0.429. The first kappa shape index (κ1) is 19.9. The molecule has 1 saturated heterocycles. The van der Waals surface area contributed by atoms with Gasteiger partial charge in [-0.25, -0.2) is 0 Å². The van der Waals surface area contributed by atoms with Crippen molar-refractivity contribution in [2.24, 2.45) is 5.41 Å². The van der Waals surface area contributed by atoms with Gasteiger partial charge in [0.1, 0.15) is 0 Å². The fourth-order valence-electron chi connectivity index (χ4n) is 3.70. The maximum atomic E-state index is 10.0. The highest BCUT2D eigenvalue weighted by molar-refractivity contribution is 5.85. The fourth-order valence-corrected chi connectivity index (χ4v) is 3.70. The molecule has 136 valence electrons. The summed E-state index contributed by atoms with van der Waals surface area (Å²) in [7, 11) is 0. The molecule has 2 aromatic carbocycles. The predicted molar refractivity (Wildman–Crippen MR) is 107 cm³/mol. The number of hydrogen-bond donors (Lipinski definition) is 2. The highest BCUT2D eigenvalue weighted by Gasteiger charge is 2.35. The quantitative estimate of drug-likeness (QED) is 0.852. The second-order valence-corrected chi connectivity index (χ2v) is 7.33. The van der Waals surface area contributed by atoms with Crippen LogP contribution in [0, 0.1) is 5.41 Å². The number of aliphatic hydroxyl groups is 1. The Hall–Kier alpha value is -1.39. The van der Waals surface area contributed by atoms with Gasteiger partial charge in [0.2, 0.25) is 0 Å². The molecule has 1 fully saturated rings. The van der Waals surface area contributed by atoms with E-state index in [1.165, 1.54) is 16.7 Å². The predicted octanol–water partition coefficient (Wildman–Crippen LogP) is 3.74. The molecule has 25 heavy (non-hydrogen) atoms. The SMILES string of the molecule is CC(C)(CO)[C@@H](c1cccc(-c2ccccc2)c1)N1CCNCC1.Cl. The third kappa shape index (κ3) is 4.62. The van der Waals surface area contributed by atoms with Crippen molar-refractivity contribution < 1.29 is 5.11 Å². The molecular weight excluding hydrogens is 332 g/mol. The van der Waals surface area contributed by atoms with Crippen LogP contribution in [0.2, 0.25) is 0 Å². The summed E-state index contributed by atoms with van der Waals surface area (Å²) in [6, 6.07) is 19.5. The van der Waals surface area contributed by atoms with Crippen molar-refractivity contribution in [3.05, 3.63) is 60.2 Å². The molecule has 1 heterocycles. The zero-order valence-corrected chi connectivity index (χ0v) is 15.9. The lowest BCUT2D eigenvalue weighted by molar-refractivity contribution is 0.0305. The van der Waals surface area contributed by atoms with Gasteiger partial charge in [-0.3, -0.25) is 4.90 Å². The molecule has 2 N–H and O–H groups in total. The van der Waals surface area contributed by atoms with Crippen LogP contribution in [-0.2, 0) is 0 Å². The van der Waals surface area contributed by atoms with Crippen LogP contribution < -0.4 is 5.32 Å². The summed E-state index contributed by atoms with van der Waals surface area (Å²) in [5.41, 5.74) is 3.58. The van der Waals surface area contributed by atoms with Gasteiger partial charge in [0.25, 0.3) is 0 Å². The summed E-state index contributed by atoms with van der Waals surface area (Å²) < 4.78 is 0. The monoisotopic (exact) mass is 360 g/mol. The van der Waals surface area contributed by atoms with Crippen LogP contribution in [0.5, 0.6) is 0 Å². The van der Waals surface area contributed by atoms with E-state index in [9.17, 15) is 5.11 Å². The normalized spacial score (nSPS) is 16.9. The first-order valence-corrected chi connectivity index (χ1v) is 8.83. The Morgan fingerprint density at radius 2 is 1.64 bits per heavy atom. The molecule has 4 heteroatoms. The zero-order valence-electron chi connectivity index (χ0n) is 15.1. The van der Waals surface area contributed by atoms with Crippen LogP contribution in [0.25, 0.3) is 11.1 Å². The average molecular weight is 361 g/mol. The minimum absolute atomic E-state index is 0. The van der Waals surface area contributed by atoms with Gasteiger partial charge in [-0.15, -0.1) is 12.4 Å². The van der Waals surface area contributed by atoms with Gasteiger partial charge in [0.15, 0.2) is 0 Å². The summed E-state index contributed by atoms with van der Waals surface area (Å²) >= 11 is 0. The van der Waals surface area contributed by atoms with E-state index in [2.05, 4.69) is 72.6 Å². The molecule has 0 aliphatic carbocycles. The van der Waals surface area contributed by atoms with Gasteiger partial charge in [0.05, 0.1) is 0 Å². The molecule has 1 aliphatic rings. The summed E-state index contributed by atoms with van der Waals surface area (Å²) in [6.07, 6.45) is 0. The van der Waals surface area contributed by atoms with Crippen molar-refractivity contribution in [2.75, 3.05) is 32.8 Å². The maximum absolute atomic E-state index is 10.0. The van der Waals surface area contributed by atoms with E-state index in [0.29, 0.717) is 0 Å². The highest BCUT2D eigenvalue weighted by atomic mass is 35.5. The second-order valence-electron chi connectivity index (χ2n) is 7.33. The van der Waals surface area contributed by atoms with E-state index in [4.69, 9.17) is 0 Å². The van der Waals surface area contributed by atoms with Gasteiger partial charge in [-0.05, 0) is 22.8 Å². The number of hydrogen-bond acceptors (Lipinski definition) is 3. The molecular formula is C21H29ClN2O. The number of benzene rings is 2. The number of piperazine rings is 1. The Morgan fingerprint density at radius 3 is 2.28 bits per heavy atom. The van der Waals surface area contributed by atoms with Gasteiger partial charge >= 0.3 is 0 Å². The average Bonchev–Trinajstić information content (AvgIpc) is 2.64. The topological polar surface area (TPSA) is 35.5 Å². The summed E-state index contributed by atoms with van der Waals surface area (Å²) in [6.45, 7) is 8.56. The summed E-state index contributed by atoms with van der Waals surface area (Å²) in [5, 5.41) is 13.4. The maximum Gasteiger partial charge on any atom is 0.0500 e. The van der Waals surface area contributed by atoms with Gasteiger partial charge in [-0.1, -0.05) is 62.4 Å². The van der Waals surface area contributed by atoms with Crippen LogP contribution in [-0.4, -0.2) is 42.8 Å². The molecule has 1 atom stereocenters. The lowest BCUT2D eigenvalue weighted by atomic mass is 9.79. The molecule has 0 radical (unpaired) electrons. The first-order valence-electron chi connectivity index (χ1n) is 8.83. The number of halogens is 1. The Balaban J connectivity index is 0.00000225. The van der Waals surface area contributed by atoms with Gasteiger partial charge < -0.3 is 10.4 Å². The van der Waals surface area contributed by atoms with Crippen molar-refractivity contribution in [1.82, 2.24) is 10.2 Å². The number of nitrogens with one attached hydrogen (secondary N) is 1. The molecule has 0 spiro atoms. The summed E-state index contributed by atoms with van der Waals surface area (Å²) in [4.78, 5) is 2.51. The van der Waals surface area contributed by atoms with Crippen molar-refractivity contribution in [3.63, 3.8) is 0 Å². The van der Waals surface area contributed by atoms with E-state index < -0.39 is 0 Å². The third-order valence-electron chi connectivity index (χ3n) is 4.97.